The van der Waals surface area contributed by atoms with Crippen molar-refractivity contribution in [3.8, 4) is 0 Å². The highest BCUT2D eigenvalue weighted by molar-refractivity contribution is 7.80. The maximum absolute atomic E-state index is 11.8. The third kappa shape index (κ3) is 11.3. The number of unbranched alkanes of at least 4 members (excludes halogenated alkanes) is 3. The summed E-state index contributed by atoms with van der Waals surface area (Å²) in [5.41, 5.74) is 0. The highest BCUT2D eigenvalue weighted by Crippen LogP contribution is 2.14. The Labute approximate surface area is 129 Å². The number of thiol groups is 1. The smallest absolute Gasteiger partial charge is 0.243 e. The van der Waals surface area contributed by atoms with E-state index in [0.29, 0.717) is 12.3 Å². The molecule has 0 aromatic carbocycles. The molecule has 1 unspecified atom stereocenters. The average Bonchev–Trinajstić information content (AvgIpc) is 2.32. The van der Waals surface area contributed by atoms with Gasteiger partial charge in [-0.2, -0.15) is 12.6 Å². The maximum Gasteiger partial charge on any atom is 0.243 e. The van der Waals surface area contributed by atoms with E-state index in [-0.39, 0.29) is 11.8 Å². The summed E-state index contributed by atoms with van der Waals surface area (Å²) in [5.74, 6) is -0.0235. The van der Waals surface area contributed by atoms with Gasteiger partial charge in [0.2, 0.25) is 11.8 Å². The summed E-state index contributed by atoms with van der Waals surface area (Å²) in [6.07, 6.45) is 4.68. The third-order valence-electron chi connectivity index (χ3n) is 3.03. The molecule has 0 aromatic rings. The van der Waals surface area contributed by atoms with E-state index in [1.165, 1.54) is 25.8 Å². The number of rotatable bonds is 10. The Balaban J connectivity index is 3.63. The van der Waals surface area contributed by atoms with Crippen molar-refractivity contribution in [2.75, 3.05) is 12.3 Å². The van der Waals surface area contributed by atoms with Crippen LogP contribution in [0.3, 0.4) is 0 Å². The number of carbonyl (C=O) groups is 2. The molecule has 1 atom stereocenters. The molecule has 0 saturated carbocycles. The summed E-state index contributed by atoms with van der Waals surface area (Å²) in [4.78, 5) is 22.7. The predicted octanol–water partition coefficient (Wildman–Crippen LogP) is 2.44. The van der Waals surface area contributed by atoms with Crippen LogP contribution in [0.1, 0.15) is 32.6 Å². The van der Waals surface area contributed by atoms with Gasteiger partial charge in [-0.25, -0.2) is 0 Å². The van der Waals surface area contributed by atoms with Crippen molar-refractivity contribution in [3.05, 3.63) is 0 Å². The minimum atomic E-state index is -0.898. The fraction of sp³-hybridized carbons (Fsp3) is 0.857. The lowest BCUT2D eigenvalue weighted by molar-refractivity contribution is -0.127. The molecule has 4 nitrogen and oxygen atoms in total. The molecule has 2 N–H and O–H groups in total. The average molecular weight is 319 g/mol. The molecule has 2 amide bonds. The van der Waals surface area contributed by atoms with Crippen LogP contribution in [-0.4, -0.2) is 38.2 Å². The van der Waals surface area contributed by atoms with E-state index >= 15 is 0 Å². The van der Waals surface area contributed by atoms with Crippen LogP contribution in [-0.2, 0) is 9.59 Å². The van der Waals surface area contributed by atoms with Gasteiger partial charge in [0.1, 0.15) is 6.04 Å². The fourth-order valence-electron chi connectivity index (χ4n) is 1.91. The van der Waals surface area contributed by atoms with Crippen molar-refractivity contribution in [2.24, 2.45) is 0 Å². The Morgan fingerprint density at radius 1 is 1.10 bits per heavy atom. The van der Waals surface area contributed by atoms with Crippen LogP contribution in [0.2, 0.25) is 25.7 Å². The highest BCUT2D eigenvalue weighted by atomic mass is 32.1. The predicted molar refractivity (Wildman–Crippen MR) is 91.1 cm³/mol. The van der Waals surface area contributed by atoms with Gasteiger partial charge in [-0.15, -0.1) is 0 Å². The van der Waals surface area contributed by atoms with Gasteiger partial charge in [-0.05, 0) is 6.42 Å². The second kappa shape index (κ2) is 10.3. The summed E-state index contributed by atoms with van der Waals surface area (Å²) < 4.78 is 0. The number of hydrogen-bond donors (Lipinski definition) is 3. The molecule has 20 heavy (non-hydrogen) atoms. The lowest BCUT2D eigenvalue weighted by atomic mass is 10.2. The standard InChI is InChI=1S/C14H30N2O2SSi/c1-12(17)16-13(11-19)14(18)15-9-7-5-6-8-10-20(2,3)4/h13,19H,5-11H2,1-4H3,(H,15,18)(H,16,17). The van der Waals surface area contributed by atoms with Crippen LogP contribution in [0, 0.1) is 0 Å². The van der Waals surface area contributed by atoms with Crippen LogP contribution < -0.4 is 10.6 Å². The van der Waals surface area contributed by atoms with E-state index < -0.39 is 14.1 Å². The van der Waals surface area contributed by atoms with Crippen molar-refractivity contribution in [1.29, 1.82) is 0 Å². The topological polar surface area (TPSA) is 58.2 Å². The van der Waals surface area contributed by atoms with Gasteiger partial charge in [-0.1, -0.05) is 44.9 Å². The molecule has 0 aromatic heterocycles. The minimum absolute atomic E-state index is 0.141. The first-order valence-corrected chi connectivity index (χ1v) is 11.8. The number of amides is 2. The Bertz CT molecular complexity index is 306. The van der Waals surface area contributed by atoms with Crippen LogP contribution in [0.25, 0.3) is 0 Å². The van der Waals surface area contributed by atoms with Crippen LogP contribution in [0.15, 0.2) is 0 Å². The molecule has 0 bridgehead atoms. The molecule has 0 heterocycles. The maximum atomic E-state index is 11.8. The Hall–Kier alpha value is -0.493. The zero-order valence-corrected chi connectivity index (χ0v) is 15.2. The zero-order valence-electron chi connectivity index (χ0n) is 13.3. The molecule has 0 radical (unpaired) electrons. The summed E-state index contributed by atoms with van der Waals surface area (Å²) >= 11 is 4.08. The quantitative estimate of drug-likeness (QED) is 0.329. The molecule has 6 heteroatoms. The van der Waals surface area contributed by atoms with Gasteiger partial charge >= 0.3 is 0 Å². The number of nitrogens with one attached hydrogen (secondary N) is 2. The molecule has 0 saturated heterocycles. The number of carbonyl (C=O) groups excluding carboxylic acids is 2. The first kappa shape index (κ1) is 19.5. The minimum Gasteiger partial charge on any atom is -0.354 e. The van der Waals surface area contributed by atoms with E-state index in [4.69, 9.17) is 0 Å². The summed E-state index contributed by atoms with van der Waals surface area (Å²) in [6.45, 7) is 9.27. The normalized spacial score (nSPS) is 12.8. The Morgan fingerprint density at radius 2 is 1.70 bits per heavy atom. The van der Waals surface area contributed by atoms with Gasteiger partial charge in [0, 0.05) is 27.3 Å². The highest BCUT2D eigenvalue weighted by Gasteiger charge is 2.16. The largest absolute Gasteiger partial charge is 0.354 e. The molecule has 0 aliphatic carbocycles. The molecule has 0 aliphatic rings. The second-order valence-corrected chi connectivity index (χ2v) is 12.4. The van der Waals surface area contributed by atoms with Crippen molar-refractivity contribution in [1.82, 2.24) is 10.6 Å². The molecule has 118 valence electrons. The molecule has 0 spiro atoms. The molecular formula is C14H30N2O2SSi. The zero-order chi connectivity index (χ0) is 15.6. The molecular weight excluding hydrogens is 288 g/mol. The summed E-state index contributed by atoms with van der Waals surface area (Å²) in [7, 11) is -0.898. The second-order valence-electron chi connectivity index (χ2n) is 6.45. The first-order valence-electron chi connectivity index (χ1n) is 7.42. The van der Waals surface area contributed by atoms with E-state index in [2.05, 4.69) is 42.9 Å². The van der Waals surface area contributed by atoms with E-state index in [9.17, 15) is 9.59 Å². The molecule has 0 fully saturated rings. The third-order valence-corrected chi connectivity index (χ3v) is 5.25. The molecule has 0 rings (SSSR count). The van der Waals surface area contributed by atoms with Crippen LogP contribution in [0.4, 0.5) is 0 Å². The lowest BCUT2D eigenvalue weighted by Gasteiger charge is -2.16. The van der Waals surface area contributed by atoms with E-state index in [1.807, 2.05) is 0 Å². The lowest BCUT2D eigenvalue weighted by Crippen LogP contribution is -2.47. The van der Waals surface area contributed by atoms with Gasteiger partial charge in [0.05, 0.1) is 0 Å². The SMILES string of the molecule is CC(=O)NC(CS)C(=O)NCCCCCC[Si](C)(C)C. The van der Waals surface area contributed by atoms with Gasteiger partial charge in [-0.3, -0.25) is 9.59 Å². The van der Waals surface area contributed by atoms with Crippen molar-refractivity contribution in [2.45, 2.75) is 64.3 Å². The fourth-order valence-corrected chi connectivity index (χ4v) is 3.48. The monoisotopic (exact) mass is 318 g/mol. The first-order chi connectivity index (χ1) is 9.26. The molecule has 0 aliphatic heterocycles. The summed E-state index contributed by atoms with van der Waals surface area (Å²) in [5, 5.41) is 5.44. The van der Waals surface area contributed by atoms with Crippen molar-refractivity contribution < 1.29 is 9.59 Å². The van der Waals surface area contributed by atoms with Gasteiger partial charge in [0.25, 0.3) is 0 Å². The van der Waals surface area contributed by atoms with Crippen molar-refractivity contribution >= 4 is 32.5 Å². The van der Waals surface area contributed by atoms with Crippen molar-refractivity contribution in [3.63, 3.8) is 0 Å². The van der Waals surface area contributed by atoms with E-state index in [1.54, 1.807) is 0 Å². The van der Waals surface area contributed by atoms with Crippen LogP contribution in [0.5, 0.6) is 0 Å². The Kier molecular flexibility index (Phi) is 10.0. The van der Waals surface area contributed by atoms with Gasteiger partial charge < -0.3 is 10.6 Å². The van der Waals surface area contributed by atoms with E-state index in [0.717, 1.165) is 12.8 Å². The number of hydrogen-bond acceptors (Lipinski definition) is 3. The Morgan fingerprint density at radius 3 is 2.20 bits per heavy atom. The van der Waals surface area contributed by atoms with Gasteiger partial charge in [0.15, 0.2) is 0 Å². The summed E-state index contributed by atoms with van der Waals surface area (Å²) in [6, 6.07) is 0.853. The van der Waals surface area contributed by atoms with Crippen LogP contribution >= 0.6 is 12.6 Å².